The lowest BCUT2D eigenvalue weighted by Gasteiger charge is -2.20. The zero-order chi connectivity index (χ0) is 16.0. The van der Waals surface area contributed by atoms with E-state index in [9.17, 15) is 13.2 Å². The van der Waals surface area contributed by atoms with Crippen LogP contribution in [0.25, 0.3) is 0 Å². The van der Waals surface area contributed by atoms with Gasteiger partial charge in [-0.3, -0.25) is 0 Å². The van der Waals surface area contributed by atoms with Crippen LogP contribution < -0.4 is 0 Å². The molecule has 1 aromatic carbocycles. The molecule has 0 spiro atoms. The number of ether oxygens (including phenoxy) is 1. The molecule has 1 atom stereocenters. The molecule has 0 bridgehead atoms. The van der Waals surface area contributed by atoms with Crippen molar-refractivity contribution < 1.29 is 17.9 Å². The van der Waals surface area contributed by atoms with Crippen LogP contribution in [0.3, 0.4) is 0 Å². The third-order valence-corrected chi connectivity index (χ3v) is 4.15. The molecule has 0 N–H and O–H groups in total. The van der Waals surface area contributed by atoms with E-state index >= 15 is 0 Å². The monoisotopic (exact) mass is 366 g/mol. The van der Waals surface area contributed by atoms with Crippen molar-refractivity contribution >= 4 is 15.9 Å². The van der Waals surface area contributed by atoms with Gasteiger partial charge < -0.3 is 4.74 Å². The maximum atomic E-state index is 12.2. The zero-order valence-corrected chi connectivity index (χ0v) is 14.3. The molecule has 21 heavy (non-hydrogen) atoms. The topological polar surface area (TPSA) is 9.23 Å². The summed E-state index contributed by atoms with van der Waals surface area (Å²) in [6.45, 7) is 5.05. The van der Waals surface area contributed by atoms with E-state index in [1.54, 1.807) is 0 Å². The first-order valence-corrected chi connectivity index (χ1v) is 8.17. The number of hydrogen-bond donors (Lipinski definition) is 0. The molecule has 0 radical (unpaired) electrons. The average Bonchev–Trinajstić information content (AvgIpc) is 2.43. The molecule has 0 aliphatic heterocycles. The summed E-state index contributed by atoms with van der Waals surface area (Å²) in [7, 11) is 0. The van der Waals surface area contributed by atoms with Gasteiger partial charge >= 0.3 is 6.18 Å². The van der Waals surface area contributed by atoms with Crippen LogP contribution in [0.4, 0.5) is 13.2 Å². The Labute approximate surface area is 133 Å². The minimum absolute atomic E-state index is 0.0188. The standard InChI is InChI=1S/C16H22BrF3O/c1-4-11-7-12(5-2)15(13(6-3)8-11)14(17)9-21-10-16(18,19)20/h7-8,14H,4-6,9-10H2,1-3H3. The van der Waals surface area contributed by atoms with Gasteiger partial charge in [0.05, 0.1) is 11.4 Å². The summed E-state index contributed by atoms with van der Waals surface area (Å²) in [6.07, 6.45) is -1.60. The summed E-state index contributed by atoms with van der Waals surface area (Å²) < 4.78 is 41.3. The van der Waals surface area contributed by atoms with Gasteiger partial charge in [0.1, 0.15) is 6.61 Å². The highest BCUT2D eigenvalue weighted by molar-refractivity contribution is 9.09. The predicted molar refractivity (Wildman–Crippen MR) is 83.1 cm³/mol. The van der Waals surface area contributed by atoms with Crippen LogP contribution in [0.5, 0.6) is 0 Å². The van der Waals surface area contributed by atoms with E-state index in [0.717, 1.165) is 24.8 Å². The van der Waals surface area contributed by atoms with Gasteiger partial charge in [-0.15, -0.1) is 0 Å². The summed E-state index contributed by atoms with van der Waals surface area (Å²) in [5.41, 5.74) is 4.72. The maximum absolute atomic E-state index is 12.2. The van der Waals surface area contributed by atoms with E-state index in [0.29, 0.717) is 0 Å². The van der Waals surface area contributed by atoms with Crippen LogP contribution in [0.1, 0.15) is 47.9 Å². The first-order chi connectivity index (χ1) is 9.82. The Morgan fingerprint density at radius 1 is 1.05 bits per heavy atom. The number of aryl methyl sites for hydroxylation is 3. The SMILES string of the molecule is CCc1cc(CC)c(C(Br)COCC(F)(F)F)c(CC)c1. The minimum Gasteiger partial charge on any atom is -0.371 e. The van der Waals surface area contributed by atoms with Gasteiger partial charge in [-0.2, -0.15) is 13.2 Å². The molecule has 0 aliphatic carbocycles. The number of hydrogen-bond acceptors (Lipinski definition) is 1. The minimum atomic E-state index is -4.28. The van der Waals surface area contributed by atoms with Gasteiger partial charge in [0.2, 0.25) is 0 Å². The van der Waals surface area contributed by atoms with E-state index in [2.05, 4.69) is 48.8 Å². The van der Waals surface area contributed by atoms with E-state index in [4.69, 9.17) is 4.74 Å². The molecular formula is C16H22BrF3O. The zero-order valence-electron chi connectivity index (χ0n) is 12.7. The lowest BCUT2D eigenvalue weighted by atomic mass is 9.92. The summed E-state index contributed by atoms with van der Waals surface area (Å²) in [4.78, 5) is -0.212. The van der Waals surface area contributed by atoms with Gasteiger partial charge in [-0.25, -0.2) is 0 Å². The van der Waals surface area contributed by atoms with E-state index in [1.165, 1.54) is 16.7 Å². The summed E-state index contributed by atoms with van der Waals surface area (Å²) in [5, 5.41) is 0. The molecule has 120 valence electrons. The molecule has 0 amide bonds. The van der Waals surface area contributed by atoms with Crippen molar-refractivity contribution in [2.24, 2.45) is 0 Å². The Balaban J connectivity index is 2.93. The Bertz CT molecular complexity index is 432. The molecule has 0 heterocycles. The van der Waals surface area contributed by atoms with E-state index in [1.807, 2.05) is 0 Å². The fourth-order valence-electron chi connectivity index (χ4n) is 2.40. The first-order valence-electron chi connectivity index (χ1n) is 7.25. The number of rotatable bonds is 7. The number of benzene rings is 1. The lowest BCUT2D eigenvalue weighted by molar-refractivity contribution is -0.173. The van der Waals surface area contributed by atoms with Crippen molar-refractivity contribution in [3.63, 3.8) is 0 Å². The Morgan fingerprint density at radius 3 is 1.95 bits per heavy atom. The molecule has 0 fully saturated rings. The van der Waals surface area contributed by atoms with Crippen molar-refractivity contribution in [1.29, 1.82) is 0 Å². The highest BCUT2D eigenvalue weighted by atomic mass is 79.9. The Morgan fingerprint density at radius 2 is 1.57 bits per heavy atom. The van der Waals surface area contributed by atoms with E-state index in [-0.39, 0.29) is 11.4 Å². The van der Waals surface area contributed by atoms with Crippen molar-refractivity contribution in [3.8, 4) is 0 Å². The summed E-state index contributed by atoms with van der Waals surface area (Å²) in [5.74, 6) is 0. The highest BCUT2D eigenvalue weighted by Crippen LogP contribution is 2.32. The van der Waals surface area contributed by atoms with E-state index < -0.39 is 12.8 Å². The molecule has 1 rings (SSSR count). The first kappa shape index (κ1) is 18.5. The Kier molecular flexibility index (Phi) is 7.21. The maximum Gasteiger partial charge on any atom is 0.411 e. The van der Waals surface area contributed by atoms with Crippen LogP contribution >= 0.6 is 15.9 Å². The predicted octanol–water partition coefficient (Wildman–Crippen LogP) is 5.39. The molecule has 5 heteroatoms. The normalized spacial score (nSPS) is 13.5. The van der Waals surface area contributed by atoms with Crippen molar-refractivity contribution in [2.75, 3.05) is 13.2 Å². The van der Waals surface area contributed by atoms with Gasteiger partial charge in [-0.05, 0) is 41.5 Å². The quantitative estimate of drug-likeness (QED) is 0.588. The van der Waals surface area contributed by atoms with Crippen molar-refractivity contribution in [3.05, 3.63) is 34.4 Å². The molecule has 0 saturated heterocycles. The lowest BCUT2D eigenvalue weighted by Crippen LogP contribution is -2.19. The van der Waals surface area contributed by atoms with Crippen molar-refractivity contribution in [1.82, 2.24) is 0 Å². The van der Waals surface area contributed by atoms with Crippen molar-refractivity contribution in [2.45, 2.75) is 51.0 Å². The van der Waals surface area contributed by atoms with Crippen LogP contribution in [-0.2, 0) is 24.0 Å². The molecule has 0 aliphatic rings. The second-order valence-corrected chi connectivity index (χ2v) is 6.09. The third-order valence-electron chi connectivity index (χ3n) is 3.42. The van der Waals surface area contributed by atoms with Crippen LogP contribution in [0.15, 0.2) is 12.1 Å². The smallest absolute Gasteiger partial charge is 0.371 e. The largest absolute Gasteiger partial charge is 0.411 e. The second kappa shape index (κ2) is 8.18. The molecule has 0 saturated carbocycles. The molecule has 1 unspecified atom stereocenters. The van der Waals surface area contributed by atoms with Crippen LogP contribution in [-0.4, -0.2) is 19.4 Å². The van der Waals surface area contributed by atoms with Gasteiger partial charge in [0, 0.05) is 0 Å². The van der Waals surface area contributed by atoms with Gasteiger partial charge in [0.25, 0.3) is 0 Å². The van der Waals surface area contributed by atoms with Crippen LogP contribution in [0, 0.1) is 0 Å². The summed E-state index contributed by atoms with van der Waals surface area (Å²) >= 11 is 3.49. The molecule has 1 nitrogen and oxygen atoms in total. The number of halogens is 4. The third kappa shape index (κ3) is 5.62. The van der Waals surface area contributed by atoms with Gasteiger partial charge in [-0.1, -0.05) is 48.8 Å². The van der Waals surface area contributed by atoms with Gasteiger partial charge in [0.15, 0.2) is 0 Å². The summed E-state index contributed by atoms with van der Waals surface area (Å²) in [6, 6.07) is 4.29. The number of alkyl halides is 4. The highest BCUT2D eigenvalue weighted by Gasteiger charge is 2.28. The molecule has 1 aromatic rings. The second-order valence-electron chi connectivity index (χ2n) is 4.99. The average molecular weight is 367 g/mol. The molecule has 0 aromatic heterocycles. The Hall–Kier alpha value is -0.550. The fraction of sp³-hybridized carbons (Fsp3) is 0.625. The molecular weight excluding hydrogens is 345 g/mol. The van der Waals surface area contributed by atoms with Crippen LogP contribution in [0.2, 0.25) is 0 Å². The fourth-order valence-corrected chi connectivity index (χ4v) is 3.18.